The van der Waals surface area contributed by atoms with E-state index >= 15 is 0 Å². The van der Waals surface area contributed by atoms with Gasteiger partial charge in [-0.2, -0.15) is 0 Å². The second-order valence-corrected chi connectivity index (χ2v) is 14.5. The first-order chi connectivity index (χ1) is 24.5. The lowest BCUT2D eigenvalue weighted by atomic mass is 9.83. The molecule has 6 amide bonds. The van der Waals surface area contributed by atoms with Crippen LogP contribution in [0.5, 0.6) is 0 Å². The zero-order chi connectivity index (χ0) is 37.3. The minimum Gasteiger partial charge on any atom is -0.447 e. The van der Waals surface area contributed by atoms with E-state index < -0.39 is 53.9 Å². The summed E-state index contributed by atoms with van der Waals surface area (Å²) in [5, 5.41) is 13.9. The molecule has 5 atom stereocenters. The third-order valence-corrected chi connectivity index (χ3v) is 10.6. The van der Waals surface area contributed by atoms with Crippen molar-refractivity contribution in [2.75, 3.05) is 26.2 Å². The van der Waals surface area contributed by atoms with Crippen molar-refractivity contribution in [2.24, 2.45) is 23.7 Å². The van der Waals surface area contributed by atoms with Gasteiger partial charge in [-0.05, 0) is 69.1 Å². The molecule has 0 spiro atoms. The zero-order valence-electron chi connectivity index (χ0n) is 30.8. The molecule has 3 aliphatic rings. The summed E-state index contributed by atoms with van der Waals surface area (Å²) in [7, 11) is 0. The Labute approximate surface area is 303 Å². The summed E-state index contributed by atoms with van der Waals surface area (Å²) in [5.74, 6) is 0.0684. The Morgan fingerprint density at radius 1 is 0.902 bits per heavy atom. The average molecular weight is 713 g/mol. The Hall–Kier alpha value is -4.08. The molecule has 3 fully saturated rings. The van der Waals surface area contributed by atoms with Crippen LogP contribution in [0.4, 0.5) is 9.59 Å². The van der Waals surface area contributed by atoms with Crippen LogP contribution in [0, 0.1) is 36.0 Å². The van der Waals surface area contributed by atoms with Crippen molar-refractivity contribution in [3.63, 3.8) is 0 Å². The topological polar surface area (TPSA) is 175 Å². The van der Waals surface area contributed by atoms with Gasteiger partial charge >= 0.3 is 12.1 Å². The smallest absolute Gasteiger partial charge is 0.407 e. The molecule has 1 heterocycles. The summed E-state index contributed by atoms with van der Waals surface area (Å²) >= 11 is 0. The largest absolute Gasteiger partial charge is 0.447 e. The van der Waals surface area contributed by atoms with E-state index in [1.54, 1.807) is 11.8 Å². The summed E-state index contributed by atoms with van der Waals surface area (Å²) in [6.45, 7) is 10.3. The number of ether oxygens (including phenoxy) is 1. The highest BCUT2D eigenvalue weighted by molar-refractivity contribution is 6.38. The molecule has 1 saturated heterocycles. The molecule has 0 aromatic rings. The number of amides is 6. The van der Waals surface area contributed by atoms with Gasteiger partial charge in [0.1, 0.15) is 18.7 Å². The number of Topliss-reactive ketones (excluding diaryl/α,β-unsaturated/α-hetero) is 1. The monoisotopic (exact) mass is 712 g/mol. The maximum absolute atomic E-state index is 14.6. The van der Waals surface area contributed by atoms with Crippen molar-refractivity contribution < 1.29 is 33.5 Å². The van der Waals surface area contributed by atoms with Gasteiger partial charge in [0, 0.05) is 26.1 Å². The Morgan fingerprint density at radius 3 is 2.14 bits per heavy atom. The quantitative estimate of drug-likeness (QED) is 0.0871. The number of hydrogen-bond acceptors (Lipinski definition) is 7. The number of rotatable bonds is 17. The lowest BCUT2D eigenvalue weighted by Gasteiger charge is -2.36. The van der Waals surface area contributed by atoms with Gasteiger partial charge in [0.05, 0.1) is 12.1 Å². The Morgan fingerprint density at radius 2 is 1.55 bits per heavy atom. The highest BCUT2D eigenvalue weighted by Gasteiger charge is 2.45. The number of carbonyl (C=O) groups excluding carboxylic acids is 6. The van der Waals surface area contributed by atoms with Crippen LogP contribution in [-0.2, 0) is 23.9 Å². The van der Waals surface area contributed by atoms with Gasteiger partial charge in [-0.25, -0.2) is 9.59 Å². The van der Waals surface area contributed by atoms with E-state index in [4.69, 9.17) is 11.2 Å². The van der Waals surface area contributed by atoms with Gasteiger partial charge < -0.3 is 36.2 Å². The summed E-state index contributed by atoms with van der Waals surface area (Å²) in [6.07, 6.45) is 16.3. The third-order valence-electron chi connectivity index (χ3n) is 10.6. The van der Waals surface area contributed by atoms with Crippen molar-refractivity contribution in [1.29, 1.82) is 0 Å². The van der Waals surface area contributed by atoms with Crippen LogP contribution in [0.2, 0.25) is 0 Å². The van der Waals surface area contributed by atoms with Crippen LogP contribution in [0.1, 0.15) is 104 Å². The predicted octanol–water partition coefficient (Wildman–Crippen LogP) is 3.57. The second-order valence-electron chi connectivity index (χ2n) is 14.5. The van der Waals surface area contributed by atoms with E-state index in [0.717, 1.165) is 64.2 Å². The molecular formula is C38H60N6O7. The summed E-state index contributed by atoms with van der Waals surface area (Å²) in [6, 6.07) is -3.89. The molecule has 13 heteroatoms. The molecule has 0 radical (unpaired) electrons. The molecule has 51 heavy (non-hydrogen) atoms. The summed E-state index contributed by atoms with van der Waals surface area (Å²) < 4.78 is 5.45. The molecule has 5 N–H and O–H groups in total. The maximum atomic E-state index is 14.6. The van der Waals surface area contributed by atoms with Crippen molar-refractivity contribution in [2.45, 2.75) is 128 Å². The van der Waals surface area contributed by atoms with Crippen molar-refractivity contribution in [3.05, 3.63) is 12.7 Å². The summed E-state index contributed by atoms with van der Waals surface area (Å²) in [5.41, 5.74) is 0. The van der Waals surface area contributed by atoms with Crippen LogP contribution >= 0.6 is 0 Å². The Bertz CT molecular complexity index is 1250. The number of likely N-dealkylation sites (tertiary alicyclic amines) is 1. The first kappa shape index (κ1) is 41.3. The van der Waals surface area contributed by atoms with Crippen molar-refractivity contribution >= 4 is 35.6 Å². The fourth-order valence-electron chi connectivity index (χ4n) is 7.59. The van der Waals surface area contributed by atoms with E-state index in [-0.39, 0.29) is 55.6 Å². The minimum atomic E-state index is -1.16. The van der Waals surface area contributed by atoms with Gasteiger partial charge in [-0.15, -0.1) is 18.9 Å². The molecule has 0 aromatic heterocycles. The number of ketones is 1. The van der Waals surface area contributed by atoms with Gasteiger partial charge in [-0.1, -0.05) is 58.4 Å². The molecule has 13 nitrogen and oxygen atoms in total. The lowest BCUT2D eigenvalue weighted by molar-refractivity contribution is -0.143. The average Bonchev–Trinajstić information content (AvgIpc) is 3.59. The van der Waals surface area contributed by atoms with E-state index in [9.17, 15) is 28.8 Å². The SMILES string of the molecule is C#CCC[C@@H](NC(=O)C1C[C@@H](C(C)C)CN1C(=O)C(NC(=O)N[C@H](COC(=O)NCC)C1CCCCC1)C1CCCCC1)C(=O)C(=O)NCC=C. The van der Waals surface area contributed by atoms with Crippen LogP contribution in [0.3, 0.4) is 0 Å². The molecule has 2 aliphatic carbocycles. The van der Waals surface area contributed by atoms with Gasteiger partial charge in [-0.3, -0.25) is 19.2 Å². The molecule has 0 bridgehead atoms. The number of nitrogens with zero attached hydrogens (tertiary/aromatic N) is 1. The van der Waals surface area contributed by atoms with Crippen LogP contribution in [0.15, 0.2) is 12.7 Å². The van der Waals surface area contributed by atoms with E-state index in [2.05, 4.69) is 39.1 Å². The molecule has 0 aromatic carbocycles. The molecule has 3 rings (SSSR count). The number of carbonyl (C=O) groups is 6. The molecular weight excluding hydrogens is 652 g/mol. The number of urea groups is 1. The normalized spacial score (nSPS) is 21.4. The van der Waals surface area contributed by atoms with E-state index in [1.165, 1.54) is 6.08 Å². The number of hydrogen-bond donors (Lipinski definition) is 5. The van der Waals surface area contributed by atoms with Crippen molar-refractivity contribution in [3.8, 4) is 12.3 Å². The van der Waals surface area contributed by atoms with Crippen LogP contribution < -0.4 is 26.6 Å². The van der Waals surface area contributed by atoms with Crippen LogP contribution in [0.25, 0.3) is 0 Å². The number of nitrogens with one attached hydrogen (secondary N) is 5. The standard InChI is InChI=1S/C38H60N6O7/c1-6-9-20-29(33(45)35(47)40-21-7-2)41-34(46)31-22-28(25(4)5)23-44(31)36(48)32(27-18-14-11-15-19-27)43-37(49)42-30(24-51-38(50)39-8-3)26-16-12-10-13-17-26/h1,7,25-32H,2,8-24H2,3-5H3,(H,39,50)(H,40,47)(H,41,46)(H2,42,43,49)/t28-,29-,30-,31?,32?/m1/s1. The van der Waals surface area contributed by atoms with Gasteiger partial charge in [0.15, 0.2) is 0 Å². The molecule has 284 valence electrons. The maximum Gasteiger partial charge on any atom is 0.407 e. The Kier molecular flexibility index (Phi) is 17.3. The summed E-state index contributed by atoms with van der Waals surface area (Å²) in [4.78, 5) is 81.6. The first-order valence-electron chi connectivity index (χ1n) is 18.9. The first-order valence-corrected chi connectivity index (χ1v) is 18.9. The zero-order valence-corrected chi connectivity index (χ0v) is 30.8. The highest BCUT2D eigenvalue weighted by Crippen LogP contribution is 2.33. The fraction of sp³-hybridized carbons (Fsp3) is 0.737. The van der Waals surface area contributed by atoms with Crippen molar-refractivity contribution in [1.82, 2.24) is 31.5 Å². The molecule has 2 saturated carbocycles. The Balaban J connectivity index is 1.84. The highest BCUT2D eigenvalue weighted by atomic mass is 16.5. The number of terminal acetylenes is 1. The third kappa shape index (κ3) is 12.6. The van der Waals surface area contributed by atoms with E-state index in [0.29, 0.717) is 19.5 Å². The second kappa shape index (κ2) is 21.3. The van der Waals surface area contributed by atoms with Gasteiger partial charge in [0.25, 0.3) is 5.91 Å². The minimum absolute atomic E-state index is 0.00313. The lowest BCUT2D eigenvalue weighted by Crippen LogP contribution is -2.60. The van der Waals surface area contributed by atoms with E-state index in [1.807, 2.05) is 13.8 Å². The fourth-order valence-corrected chi connectivity index (χ4v) is 7.59. The van der Waals surface area contributed by atoms with Crippen LogP contribution in [-0.4, -0.2) is 90.9 Å². The number of alkyl carbamates (subject to hydrolysis) is 1. The predicted molar refractivity (Wildman–Crippen MR) is 194 cm³/mol. The van der Waals surface area contributed by atoms with Gasteiger partial charge in [0.2, 0.25) is 17.6 Å². The molecule has 1 aliphatic heterocycles. The molecule has 2 unspecified atom stereocenters.